The third-order valence-corrected chi connectivity index (χ3v) is 14.3. The molecule has 0 aromatic heterocycles. The second-order valence-corrected chi connectivity index (χ2v) is 14.9. The van der Waals surface area contributed by atoms with Gasteiger partial charge in [-0.05, 0) is 25.8 Å². The minimum Gasteiger partial charge on any atom is -0.330 e. The van der Waals surface area contributed by atoms with Crippen molar-refractivity contribution in [2.75, 3.05) is 25.3 Å². The van der Waals surface area contributed by atoms with Crippen molar-refractivity contribution in [1.29, 1.82) is 0 Å². The molecule has 0 spiro atoms. The first kappa shape index (κ1) is 30.5. The number of hydrogen-bond donors (Lipinski definition) is 1. The minimum atomic E-state index is -4.34. The maximum absolute atomic E-state index is 12.1. The Morgan fingerprint density at radius 1 is 0.536 bits per heavy atom. The Morgan fingerprint density at radius 3 is 1.04 bits per heavy atom. The fourth-order valence-electron chi connectivity index (χ4n) is 3.46. The first-order valence-electron chi connectivity index (χ1n) is 9.60. The van der Waals surface area contributed by atoms with E-state index in [4.69, 9.17) is 5.73 Å². The molecule has 0 bridgehead atoms. The molecule has 0 rings (SSSR count). The maximum atomic E-state index is 12.1. The van der Waals surface area contributed by atoms with Crippen LogP contribution in [0, 0.1) is 0 Å². The Kier molecular flexibility index (Phi) is 14.8. The van der Waals surface area contributed by atoms with Crippen LogP contribution in [0.3, 0.4) is 0 Å². The van der Waals surface area contributed by atoms with E-state index in [1.807, 2.05) is 0 Å². The van der Waals surface area contributed by atoms with Crippen molar-refractivity contribution in [3.8, 4) is 0 Å². The van der Waals surface area contributed by atoms with E-state index in [2.05, 4.69) is 0 Å². The molecule has 0 aliphatic heterocycles. The summed E-state index contributed by atoms with van der Waals surface area (Å²) in [6.07, 6.45) is 12.4. The second kappa shape index (κ2) is 13.6. The Bertz CT molecular complexity index is 654. The lowest BCUT2D eigenvalue weighted by Crippen LogP contribution is -2.51. The van der Waals surface area contributed by atoms with Crippen molar-refractivity contribution < 1.29 is 25.3 Å². The fourth-order valence-corrected chi connectivity index (χ4v) is 11.6. The van der Waals surface area contributed by atoms with Gasteiger partial charge in [-0.25, -0.2) is 25.3 Å². The molecule has 0 aromatic carbocycles. The van der Waals surface area contributed by atoms with Gasteiger partial charge in [0.15, 0.2) is 29.5 Å². The van der Waals surface area contributed by atoms with Crippen LogP contribution in [-0.2, 0) is 29.5 Å². The molecule has 0 aromatic rings. The normalized spacial score (nSPS) is 13.3. The van der Waals surface area contributed by atoms with Crippen LogP contribution in [0.2, 0.25) is 0 Å². The topological polar surface area (TPSA) is 128 Å². The molecule has 0 radical (unpaired) electrons. The molecule has 0 saturated carbocycles. The number of halogens is 1. The lowest BCUT2D eigenvalue weighted by molar-refractivity contribution is 0.522. The van der Waals surface area contributed by atoms with Crippen molar-refractivity contribution in [3.05, 3.63) is 0 Å². The first-order valence-corrected chi connectivity index (χ1v) is 15.3. The smallest absolute Gasteiger partial charge is 0.271 e. The lowest BCUT2D eigenvalue weighted by Gasteiger charge is -2.28. The van der Waals surface area contributed by atoms with Crippen LogP contribution in [0.4, 0.5) is 0 Å². The second-order valence-electron chi connectivity index (χ2n) is 7.43. The van der Waals surface area contributed by atoms with Gasteiger partial charge in [0.2, 0.25) is 0 Å². The van der Waals surface area contributed by atoms with E-state index in [9.17, 15) is 25.3 Å². The highest BCUT2D eigenvalue weighted by Gasteiger charge is 2.58. The van der Waals surface area contributed by atoms with E-state index in [-0.39, 0.29) is 23.4 Å². The van der Waals surface area contributed by atoms with Crippen LogP contribution in [0.25, 0.3) is 0 Å². The summed E-state index contributed by atoms with van der Waals surface area (Å²) < 4.78 is 69.9. The summed E-state index contributed by atoms with van der Waals surface area (Å²) in [6, 6.07) is 0. The number of nitrogens with two attached hydrogens (primary N) is 1. The molecular formula is C17H38BrNO6S3. The molecule has 0 amide bonds. The Morgan fingerprint density at radius 2 is 0.786 bits per heavy atom. The molecule has 2 N–H and O–H groups in total. The van der Waals surface area contributed by atoms with Gasteiger partial charge < -0.3 is 5.73 Å². The van der Waals surface area contributed by atoms with Gasteiger partial charge in [-0.1, -0.05) is 57.8 Å². The molecule has 0 atom stereocenters. The fraction of sp³-hybridized carbons (Fsp3) is 1.00. The minimum absolute atomic E-state index is 0. The molecule has 0 unspecified atom stereocenters. The molecule has 11 heteroatoms. The van der Waals surface area contributed by atoms with E-state index in [0.29, 0.717) is 25.2 Å². The zero-order chi connectivity index (χ0) is 21.2. The summed E-state index contributed by atoms with van der Waals surface area (Å²) >= 11 is 0. The van der Waals surface area contributed by atoms with Gasteiger partial charge in [-0.2, -0.15) is 0 Å². The molecule has 28 heavy (non-hydrogen) atoms. The summed E-state index contributed by atoms with van der Waals surface area (Å²) in [6.45, 7) is 0.749. The van der Waals surface area contributed by atoms with Crippen LogP contribution in [-0.4, -0.2) is 54.0 Å². The Labute approximate surface area is 182 Å². The van der Waals surface area contributed by atoms with Crippen LogP contribution in [0.1, 0.15) is 77.0 Å². The SMILES string of the molecule is Br.CS(=O)(=O)C(CCCCCCCCCCCCCN)(S(C)(=O)=O)S(C)(=O)=O. The first-order chi connectivity index (χ1) is 12.3. The van der Waals surface area contributed by atoms with E-state index >= 15 is 0 Å². The standard InChI is InChI=1S/C17H37NO6S3.BrH/c1-25(19,20)17(26(2,21)22,27(3,23)24)15-13-11-9-7-5-4-6-8-10-12-14-16-18;/h4-16,18H2,1-3H3;1H. The molecule has 0 fully saturated rings. The van der Waals surface area contributed by atoms with Crippen LogP contribution in [0.5, 0.6) is 0 Å². The molecule has 172 valence electrons. The van der Waals surface area contributed by atoms with Crippen molar-refractivity contribution in [3.63, 3.8) is 0 Å². The maximum Gasteiger partial charge on any atom is 0.271 e. The van der Waals surface area contributed by atoms with Gasteiger partial charge in [0.1, 0.15) is 0 Å². The molecule has 0 aliphatic carbocycles. The summed E-state index contributed by atoms with van der Waals surface area (Å²) in [5.41, 5.74) is 5.45. The van der Waals surface area contributed by atoms with Crippen LogP contribution < -0.4 is 5.73 Å². The van der Waals surface area contributed by atoms with Gasteiger partial charge in [-0.3, -0.25) is 0 Å². The van der Waals surface area contributed by atoms with Crippen molar-refractivity contribution in [2.45, 2.75) is 80.5 Å². The lowest BCUT2D eigenvalue weighted by atomic mass is 10.1. The highest BCUT2D eigenvalue weighted by atomic mass is 79.9. The predicted molar refractivity (Wildman–Crippen MR) is 122 cm³/mol. The number of rotatable bonds is 16. The largest absolute Gasteiger partial charge is 0.330 e. The van der Waals surface area contributed by atoms with Gasteiger partial charge in [0, 0.05) is 18.8 Å². The monoisotopic (exact) mass is 527 g/mol. The summed E-state index contributed by atoms with van der Waals surface area (Å²) in [5.74, 6) is 0. The number of sulfone groups is 3. The van der Waals surface area contributed by atoms with E-state index in [1.54, 1.807) is 0 Å². The Balaban J connectivity index is 0. The average molecular weight is 529 g/mol. The summed E-state index contributed by atoms with van der Waals surface area (Å²) in [7, 11) is -13.0. The zero-order valence-corrected chi connectivity index (χ0v) is 21.5. The van der Waals surface area contributed by atoms with Crippen molar-refractivity contribution in [1.82, 2.24) is 0 Å². The molecular weight excluding hydrogens is 490 g/mol. The summed E-state index contributed by atoms with van der Waals surface area (Å²) in [5, 5.41) is 0. The van der Waals surface area contributed by atoms with Gasteiger partial charge in [0.25, 0.3) is 3.41 Å². The van der Waals surface area contributed by atoms with Gasteiger partial charge >= 0.3 is 0 Å². The third-order valence-electron chi connectivity index (χ3n) is 4.88. The van der Waals surface area contributed by atoms with Crippen molar-refractivity contribution >= 4 is 46.5 Å². The van der Waals surface area contributed by atoms with Crippen LogP contribution in [0.15, 0.2) is 0 Å². The predicted octanol–water partition coefficient (Wildman–Crippen LogP) is 2.99. The average Bonchev–Trinajstić information content (AvgIpc) is 2.48. The highest BCUT2D eigenvalue weighted by Crippen LogP contribution is 2.35. The Hall–Kier alpha value is 0.290. The number of unbranched alkanes of at least 4 members (excludes halogenated alkanes) is 10. The van der Waals surface area contributed by atoms with Crippen LogP contribution >= 0.6 is 17.0 Å². The van der Waals surface area contributed by atoms with Crippen molar-refractivity contribution in [2.24, 2.45) is 5.73 Å². The van der Waals surface area contributed by atoms with E-state index in [1.165, 1.54) is 25.7 Å². The molecule has 7 nitrogen and oxygen atoms in total. The van der Waals surface area contributed by atoms with Gasteiger partial charge in [0.05, 0.1) is 0 Å². The molecule has 0 heterocycles. The third kappa shape index (κ3) is 9.40. The quantitative estimate of drug-likeness (QED) is 0.305. The van der Waals surface area contributed by atoms with E-state index < -0.39 is 39.3 Å². The zero-order valence-electron chi connectivity index (χ0n) is 17.4. The molecule has 0 saturated heterocycles. The highest BCUT2D eigenvalue weighted by molar-refractivity contribution is 8.93. The van der Waals surface area contributed by atoms with E-state index in [0.717, 1.165) is 38.6 Å². The molecule has 0 aliphatic rings. The van der Waals surface area contributed by atoms with Gasteiger partial charge in [-0.15, -0.1) is 17.0 Å². The number of hydrogen-bond acceptors (Lipinski definition) is 7. The summed E-state index contributed by atoms with van der Waals surface area (Å²) in [4.78, 5) is 0.